The summed E-state index contributed by atoms with van der Waals surface area (Å²) in [5.41, 5.74) is -3.23. The number of carbonyl (C=O) groups is 2. The Bertz CT molecular complexity index is 630. The molecule has 0 heterocycles. The Morgan fingerprint density at radius 2 is 1.78 bits per heavy atom. The van der Waals surface area contributed by atoms with Crippen LogP contribution in [-0.4, -0.2) is 30.5 Å². The van der Waals surface area contributed by atoms with Crippen molar-refractivity contribution < 1.29 is 36.3 Å². The van der Waals surface area contributed by atoms with Crippen LogP contribution in [-0.2, 0) is 16.0 Å². The number of hydrogen-bond acceptors (Lipinski definition) is 3. The van der Waals surface area contributed by atoms with E-state index < -0.39 is 47.2 Å². The summed E-state index contributed by atoms with van der Waals surface area (Å²) in [7, 11) is 1.02. The Labute approximate surface area is 128 Å². The van der Waals surface area contributed by atoms with Gasteiger partial charge in [-0.3, -0.25) is 9.59 Å². The van der Waals surface area contributed by atoms with Crippen LogP contribution in [0, 0.1) is 11.6 Å². The summed E-state index contributed by atoms with van der Waals surface area (Å²) in [4.78, 5) is 23.1. The Kier molecular flexibility index (Phi) is 5.34. The van der Waals surface area contributed by atoms with Crippen LogP contribution in [0.3, 0.4) is 0 Å². The number of nitrogens with one attached hydrogen (secondary N) is 1. The van der Waals surface area contributed by atoms with Crippen LogP contribution in [0.5, 0.6) is 5.75 Å². The lowest BCUT2D eigenvalue weighted by Crippen LogP contribution is -2.61. The number of alkyl halides is 3. The first kappa shape index (κ1) is 18.9. The Hall–Kier alpha value is -2.19. The molecule has 0 fully saturated rings. The lowest BCUT2D eigenvalue weighted by molar-refractivity contribution is -0.195. The quantitative estimate of drug-likeness (QED) is 0.839. The van der Waals surface area contributed by atoms with Gasteiger partial charge in [-0.25, -0.2) is 4.39 Å². The van der Waals surface area contributed by atoms with Crippen LogP contribution in [0.1, 0.15) is 19.4 Å². The van der Waals surface area contributed by atoms with Crippen molar-refractivity contribution in [3.63, 3.8) is 0 Å². The number of Topliss-reactive ketones (excluding diaryl/α,β-unsaturated/α-hetero) is 1. The summed E-state index contributed by atoms with van der Waals surface area (Å²) in [6.07, 6.45) is -5.73. The molecule has 23 heavy (non-hydrogen) atoms. The maximum atomic E-state index is 13.5. The zero-order valence-electron chi connectivity index (χ0n) is 12.5. The smallest absolute Gasteiger partial charge is 0.418 e. The van der Waals surface area contributed by atoms with Gasteiger partial charge in [0.1, 0.15) is 0 Å². The highest BCUT2D eigenvalue weighted by Gasteiger charge is 2.55. The molecular weight excluding hydrogens is 325 g/mol. The van der Waals surface area contributed by atoms with E-state index in [-0.39, 0.29) is 5.56 Å². The number of hydrogen-bond donors (Lipinski definition) is 1. The molecule has 0 aliphatic heterocycles. The minimum atomic E-state index is -5.01. The van der Waals surface area contributed by atoms with Crippen LogP contribution in [0.25, 0.3) is 0 Å². The molecule has 4 nitrogen and oxygen atoms in total. The molecule has 0 spiro atoms. The van der Waals surface area contributed by atoms with Gasteiger partial charge < -0.3 is 10.1 Å². The molecule has 1 unspecified atom stereocenters. The van der Waals surface area contributed by atoms with E-state index in [2.05, 4.69) is 4.74 Å². The normalized spacial score (nSPS) is 14.1. The predicted octanol–water partition coefficient (Wildman–Crippen LogP) is 2.54. The fourth-order valence-corrected chi connectivity index (χ4v) is 1.79. The number of methoxy groups -OCH3 is 1. The number of rotatable bonds is 5. The molecule has 1 atom stereocenters. The number of benzene rings is 1. The van der Waals surface area contributed by atoms with Crippen molar-refractivity contribution in [3.05, 3.63) is 29.3 Å². The molecule has 0 aliphatic rings. The first-order chi connectivity index (χ1) is 10.4. The Morgan fingerprint density at radius 3 is 2.22 bits per heavy atom. The number of ketones is 1. The lowest BCUT2D eigenvalue weighted by Gasteiger charge is -2.30. The first-order valence-corrected chi connectivity index (χ1v) is 6.33. The summed E-state index contributed by atoms with van der Waals surface area (Å²) in [5.74, 6) is -5.67. The fourth-order valence-electron chi connectivity index (χ4n) is 1.79. The molecular formula is C14H14F5NO3. The molecule has 128 valence electrons. The summed E-state index contributed by atoms with van der Waals surface area (Å²) in [6, 6.07) is 1.73. The second-order valence-electron chi connectivity index (χ2n) is 4.96. The van der Waals surface area contributed by atoms with Crippen LogP contribution in [0.4, 0.5) is 22.0 Å². The van der Waals surface area contributed by atoms with E-state index >= 15 is 0 Å². The van der Waals surface area contributed by atoms with E-state index in [1.165, 1.54) is 0 Å². The van der Waals surface area contributed by atoms with Gasteiger partial charge in [0.2, 0.25) is 11.7 Å². The zero-order valence-corrected chi connectivity index (χ0v) is 12.5. The third-order valence-electron chi connectivity index (χ3n) is 3.35. The monoisotopic (exact) mass is 339 g/mol. The Balaban J connectivity index is 3.06. The van der Waals surface area contributed by atoms with Crippen molar-refractivity contribution in [3.8, 4) is 5.75 Å². The number of carbonyl (C=O) groups excluding carboxylic acids is 2. The zero-order chi connectivity index (χ0) is 18.0. The summed E-state index contributed by atoms with van der Waals surface area (Å²) < 4.78 is 70.0. The van der Waals surface area contributed by atoms with Gasteiger partial charge in [0, 0.05) is 5.56 Å². The van der Waals surface area contributed by atoms with Crippen molar-refractivity contribution in [1.29, 1.82) is 0 Å². The van der Waals surface area contributed by atoms with Gasteiger partial charge in [0.25, 0.3) is 0 Å². The third-order valence-corrected chi connectivity index (χ3v) is 3.35. The minimum Gasteiger partial charge on any atom is -0.493 e. The first-order valence-electron chi connectivity index (χ1n) is 6.33. The number of ether oxygens (including phenoxy) is 1. The maximum Gasteiger partial charge on any atom is 0.418 e. The summed E-state index contributed by atoms with van der Waals surface area (Å²) in [6.45, 7) is 1.21. The average Bonchev–Trinajstić information content (AvgIpc) is 2.41. The highest BCUT2D eigenvalue weighted by molar-refractivity contribution is 5.92. The molecule has 0 aromatic heterocycles. The number of amides is 1. The molecule has 0 saturated carbocycles. The van der Waals surface area contributed by atoms with Crippen molar-refractivity contribution in [2.24, 2.45) is 0 Å². The van der Waals surface area contributed by atoms with E-state index in [4.69, 9.17) is 0 Å². The Morgan fingerprint density at radius 1 is 1.22 bits per heavy atom. The molecule has 9 heteroatoms. The summed E-state index contributed by atoms with van der Waals surface area (Å²) in [5, 5.41) is 1.58. The van der Waals surface area contributed by atoms with Gasteiger partial charge in [0.05, 0.1) is 13.5 Å². The highest BCUT2D eigenvalue weighted by Crippen LogP contribution is 2.31. The lowest BCUT2D eigenvalue weighted by atomic mass is 9.96. The van der Waals surface area contributed by atoms with Gasteiger partial charge in [-0.15, -0.1) is 0 Å². The average molecular weight is 339 g/mol. The molecule has 1 rings (SSSR count). The van der Waals surface area contributed by atoms with Crippen molar-refractivity contribution in [2.75, 3.05) is 7.11 Å². The van der Waals surface area contributed by atoms with Gasteiger partial charge in [0.15, 0.2) is 22.9 Å². The van der Waals surface area contributed by atoms with Crippen LogP contribution < -0.4 is 10.1 Å². The van der Waals surface area contributed by atoms with Gasteiger partial charge >= 0.3 is 6.18 Å². The van der Waals surface area contributed by atoms with E-state index in [9.17, 15) is 31.5 Å². The van der Waals surface area contributed by atoms with Gasteiger partial charge in [-0.2, -0.15) is 17.6 Å². The van der Waals surface area contributed by atoms with Crippen LogP contribution in [0.15, 0.2) is 12.1 Å². The molecule has 1 N–H and O–H groups in total. The molecule has 1 aromatic carbocycles. The fraction of sp³-hybridized carbons (Fsp3) is 0.429. The van der Waals surface area contributed by atoms with Crippen LogP contribution >= 0.6 is 0 Å². The molecule has 0 bridgehead atoms. The second kappa shape index (κ2) is 6.51. The molecule has 1 amide bonds. The minimum absolute atomic E-state index is 0.156. The standard InChI is InChI=1S/C14H14F5NO3/c1-7(21)13(2,14(17,18)19)20-10(22)6-8-4-5-9(15)11(16)12(8)23-3/h4-5H,6H2,1-3H3,(H,20,22). The summed E-state index contributed by atoms with van der Waals surface area (Å²) >= 11 is 0. The van der Waals surface area contributed by atoms with E-state index in [0.717, 1.165) is 13.2 Å². The van der Waals surface area contributed by atoms with Crippen molar-refractivity contribution in [2.45, 2.75) is 32.0 Å². The molecule has 0 radical (unpaired) electrons. The predicted molar refractivity (Wildman–Crippen MR) is 69.9 cm³/mol. The van der Waals surface area contributed by atoms with E-state index in [1.807, 2.05) is 0 Å². The number of halogens is 5. The van der Waals surface area contributed by atoms with Gasteiger partial charge in [-0.05, 0) is 19.9 Å². The van der Waals surface area contributed by atoms with Crippen molar-refractivity contribution in [1.82, 2.24) is 5.32 Å². The molecule has 0 saturated heterocycles. The van der Waals surface area contributed by atoms with E-state index in [1.54, 1.807) is 5.32 Å². The molecule has 0 aliphatic carbocycles. The third kappa shape index (κ3) is 3.77. The maximum absolute atomic E-state index is 13.5. The van der Waals surface area contributed by atoms with Crippen LogP contribution in [0.2, 0.25) is 0 Å². The van der Waals surface area contributed by atoms with Gasteiger partial charge in [-0.1, -0.05) is 6.07 Å². The highest BCUT2D eigenvalue weighted by atomic mass is 19.4. The van der Waals surface area contributed by atoms with Crippen molar-refractivity contribution >= 4 is 11.7 Å². The molecule has 1 aromatic rings. The SMILES string of the molecule is COc1c(CC(=O)NC(C)(C(C)=O)C(F)(F)F)ccc(F)c1F. The topological polar surface area (TPSA) is 55.4 Å². The largest absolute Gasteiger partial charge is 0.493 e. The second-order valence-corrected chi connectivity index (χ2v) is 4.96. The van der Waals surface area contributed by atoms with E-state index in [0.29, 0.717) is 19.9 Å².